The van der Waals surface area contributed by atoms with Crippen molar-refractivity contribution >= 4 is 11.6 Å². The van der Waals surface area contributed by atoms with Crippen molar-refractivity contribution < 1.29 is 31.1 Å². The van der Waals surface area contributed by atoms with Gasteiger partial charge in [0.05, 0.1) is 11.1 Å². The zero-order valence-electron chi connectivity index (χ0n) is 17.1. The maximum Gasteiger partial charge on any atom is 0.416 e. The third kappa shape index (κ3) is 6.51. The first-order valence-corrected chi connectivity index (χ1v) is 9.34. The van der Waals surface area contributed by atoms with Gasteiger partial charge < -0.3 is 10.2 Å². The molecular formula is C22H19F6N3O. The van der Waals surface area contributed by atoms with E-state index in [1.165, 1.54) is 4.90 Å². The lowest BCUT2D eigenvalue weighted by molar-refractivity contribution is -0.143. The molecule has 10 heteroatoms. The van der Waals surface area contributed by atoms with E-state index in [0.717, 1.165) is 11.8 Å². The van der Waals surface area contributed by atoms with Gasteiger partial charge in [-0.1, -0.05) is 30.3 Å². The molecule has 32 heavy (non-hydrogen) atoms. The van der Waals surface area contributed by atoms with Gasteiger partial charge in [-0.05, 0) is 37.6 Å². The molecule has 2 rings (SSSR count). The highest BCUT2D eigenvalue weighted by atomic mass is 19.4. The topological polar surface area (TPSA) is 56.1 Å². The summed E-state index contributed by atoms with van der Waals surface area (Å²) in [7, 11) is 0. The summed E-state index contributed by atoms with van der Waals surface area (Å²) < 4.78 is 78.0. The van der Waals surface area contributed by atoms with Crippen LogP contribution in [0.25, 0.3) is 0 Å². The standard InChI is InChI=1S/C22H19F6N3O/c1-14(2)31(13-15-6-4-3-5-7-15)20(32)16(11-29)12-30-19-9-17(21(23,24)25)8-18(10-19)22(26,27)28/h3-10,12,14,30H,13H2,1-2H3/b16-12-. The lowest BCUT2D eigenvalue weighted by Gasteiger charge is -2.26. The number of hydrogen-bond acceptors (Lipinski definition) is 3. The van der Waals surface area contributed by atoms with Crippen molar-refractivity contribution in [1.82, 2.24) is 4.90 Å². The monoisotopic (exact) mass is 455 g/mol. The Kier molecular flexibility index (Phi) is 7.56. The minimum atomic E-state index is -5.01. The normalized spacial score (nSPS) is 12.4. The van der Waals surface area contributed by atoms with Gasteiger partial charge in [0.2, 0.25) is 0 Å². The molecule has 0 saturated carbocycles. The molecule has 0 aliphatic carbocycles. The number of anilines is 1. The fourth-order valence-corrected chi connectivity index (χ4v) is 2.76. The molecule has 2 aromatic rings. The van der Waals surface area contributed by atoms with Crippen LogP contribution in [0.15, 0.2) is 60.3 Å². The number of rotatable bonds is 6. The first kappa shape index (κ1) is 24.8. The molecule has 0 unspecified atom stereocenters. The van der Waals surface area contributed by atoms with Crippen LogP contribution in [0.3, 0.4) is 0 Å². The predicted octanol–water partition coefficient (Wildman–Crippen LogP) is 5.98. The van der Waals surface area contributed by atoms with Crippen molar-refractivity contribution in [2.24, 2.45) is 0 Å². The highest BCUT2D eigenvalue weighted by Gasteiger charge is 2.37. The van der Waals surface area contributed by atoms with Crippen LogP contribution in [0.1, 0.15) is 30.5 Å². The number of halogens is 6. The van der Waals surface area contributed by atoms with E-state index in [0.29, 0.717) is 12.1 Å². The first-order valence-electron chi connectivity index (χ1n) is 9.34. The van der Waals surface area contributed by atoms with E-state index in [4.69, 9.17) is 0 Å². The van der Waals surface area contributed by atoms with Gasteiger partial charge in [-0.15, -0.1) is 0 Å². The summed E-state index contributed by atoms with van der Waals surface area (Å²) in [5.41, 5.74) is -3.28. The molecule has 1 amide bonds. The van der Waals surface area contributed by atoms with Crippen LogP contribution in [-0.4, -0.2) is 16.8 Å². The van der Waals surface area contributed by atoms with Gasteiger partial charge in [0.1, 0.15) is 11.6 Å². The van der Waals surface area contributed by atoms with Gasteiger partial charge in [-0.3, -0.25) is 4.79 Å². The summed E-state index contributed by atoms with van der Waals surface area (Å²) in [6, 6.07) is 11.1. The fourth-order valence-electron chi connectivity index (χ4n) is 2.76. The lowest BCUT2D eigenvalue weighted by Crippen LogP contribution is -2.37. The first-order chi connectivity index (χ1) is 14.8. The smallest absolute Gasteiger partial charge is 0.360 e. The second kappa shape index (κ2) is 9.77. The molecule has 0 radical (unpaired) electrons. The Hall–Kier alpha value is -3.48. The lowest BCUT2D eigenvalue weighted by atomic mass is 10.1. The Bertz CT molecular complexity index is 988. The maximum atomic E-state index is 13.0. The number of nitriles is 1. The molecule has 4 nitrogen and oxygen atoms in total. The molecule has 0 heterocycles. The Labute approximate surface area is 180 Å². The van der Waals surface area contributed by atoms with Crippen LogP contribution >= 0.6 is 0 Å². The van der Waals surface area contributed by atoms with E-state index in [1.54, 1.807) is 50.2 Å². The van der Waals surface area contributed by atoms with Crippen molar-refractivity contribution in [1.29, 1.82) is 5.26 Å². The van der Waals surface area contributed by atoms with Crippen LogP contribution in [-0.2, 0) is 23.7 Å². The minimum absolute atomic E-state index is 0.00832. The van der Waals surface area contributed by atoms with Gasteiger partial charge in [0, 0.05) is 24.5 Å². The van der Waals surface area contributed by atoms with Gasteiger partial charge >= 0.3 is 12.4 Å². The number of carbonyl (C=O) groups excluding carboxylic acids is 1. The average Bonchev–Trinajstić information content (AvgIpc) is 2.71. The van der Waals surface area contributed by atoms with Crippen molar-refractivity contribution in [3.8, 4) is 6.07 Å². The summed E-state index contributed by atoms with van der Waals surface area (Å²) in [5, 5.41) is 11.6. The van der Waals surface area contributed by atoms with E-state index in [1.807, 2.05) is 0 Å². The van der Waals surface area contributed by atoms with Crippen molar-refractivity contribution in [2.45, 2.75) is 38.8 Å². The predicted molar refractivity (Wildman–Crippen MR) is 106 cm³/mol. The highest BCUT2D eigenvalue weighted by Crippen LogP contribution is 2.37. The van der Waals surface area contributed by atoms with E-state index in [2.05, 4.69) is 5.32 Å². The third-order valence-corrected chi connectivity index (χ3v) is 4.40. The van der Waals surface area contributed by atoms with Crippen LogP contribution < -0.4 is 5.32 Å². The number of carbonyl (C=O) groups is 1. The van der Waals surface area contributed by atoms with Crippen molar-refractivity contribution in [3.63, 3.8) is 0 Å². The van der Waals surface area contributed by atoms with Gasteiger partial charge in [-0.25, -0.2) is 0 Å². The summed E-state index contributed by atoms with van der Waals surface area (Å²) in [6.45, 7) is 3.59. The van der Waals surface area contributed by atoms with E-state index in [-0.39, 0.29) is 18.7 Å². The maximum absolute atomic E-state index is 13.0. The second-order valence-electron chi connectivity index (χ2n) is 7.12. The third-order valence-electron chi connectivity index (χ3n) is 4.40. The Morgan fingerprint density at radius 2 is 1.56 bits per heavy atom. The zero-order valence-corrected chi connectivity index (χ0v) is 17.1. The minimum Gasteiger partial charge on any atom is -0.360 e. The van der Waals surface area contributed by atoms with Gasteiger partial charge in [0.15, 0.2) is 0 Å². The van der Waals surface area contributed by atoms with E-state index >= 15 is 0 Å². The largest absolute Gasteiger partial charge is 0.416 e. The zero-order chi connectivity index (χ0) is 24.1. The summed E-state index contributed by atoms with van der Waals surface area (Å²) in [5.74, 6) is -0.720. The van der Waals surface area contributed by atoms with Crippen LogP contribution in [0.4, 0.5) is 32.0 Å². The molecule has 0 aliphatic rings. The molecule has 170 valence electrons. The molecule has 0 aromatic heterocycles. The number of nitrogens with one attached hydrogen (secondary N) is 1. The molecule has 0 atom stereocenters. The second-order valence-corrected chi connectivity index (χ2v) is 7.12. The number of hydrogen-bond donors (Lipinski definition) is 1. The Morgan fingerprint density at radius 1 is 1.03 bits per heavy atom. The number of benzene rings is 2. The number of nitrogens with zero attached hydrogens (tertiary/aromatic N) is 2. The summed E-state index contributed by atoms with van der Waals surface area (Å²) >= 11 is 0. The van der Waals surface area contributed by atoms with Crippen LogP contribution in [0.5, 0.6) is 0 Å². The number of amides is 1. The van der Waals surface area contributed by atoms with Crippen molar-refractivity contribution in [3.05, 3.63) is 77.0 Å². The highest BCUT2D eigenvalue weighted by molar-refractivity contribution is 5.97. The molecular weight excluding hydrogens is 436 g/mol. The van der Waals surface area contributed by atoms with Crippen LogP contribution in [0, 0.1) is 11.3 Å². The molecule has 0 aliphatic heterocycles. The molecule has 1 N–H and O–H groups in total. The number of alkyl halides is 6. The molecule has 0 saturated heterocycles. The van der Waals surface area contributed by atoms with Gasteiger partial charge in [0.25, 0.3) is 5.91 Å². The Morgan fingerprint density at radius 3 is 2.00 bits per heavy atom. The fraction of sp³-hybridized carbons (Fsp3) is 0.273. The molecule has 0 spiro atoms. The summed E-state index contributed by atoms with van der Waals surface area (Å²) in [4.78, 5) is 14.2. The van der Waals surface area contributed by atoms with Crippen molar-refractivity contribution in [2.75, 3.05) is 5.32 Å². The summed E-state index contributed by atoms with van der Waals surface area (Å²) in [6.07, 6.45) is -9.23. The Balaban J connectivity index is 2.35. The molecule has 0 fully saturated rings. The SMILES string of the molecule is CC(C)N(Cc1ccccc1)C(=O)/C(C#N)=C\Nc1cc(C(F)(F)F)cc(C(F)(F)F)c1. The quantitative estimate of drug-likeness (QED) is 0.331. The van der Waals surface area contributed by atoms with E-state index < -0.39 is 40.6 Å². The average molecular weight is 455 g/mol. The van der Waals surface area contributed by atoms with E-state index in [9.17, 15) is 36.4 Å². The van der Waals surface area contributed by atoms with Crippen LogP contribution in [0.2, 0.25) is 0 Å². The molecule has 0 bridgehead atoms. The molecule has 2 aromatic carbocycles. The van der Waals surface area contributed by atoms with Gasteiger partial charge in [-0.2, -0.15) is 31.6 Å².